The molecule has 4 atom stereocenters. The molecule has 1 fully saturated rings. The Bertz CT molecular complexity index is 631. The number of morpholine rings is 1. The lowest BCUT2D eigenvalue weighted by atomic mass is 10.1. The topological polar surface area (TPSA) is 63.1 Å². The fourth-order valence-corrected chi connectivity index (χ4v) is 3.44. The molecular weight excluding hydrogens is 330 g/mol. The number of hydrogen-bond acceptors (Lipinski definition) is 3. The zero-order chi connectivity index (χ0) is 19.4. The molecule has 1 aromatic carbocycles. The van der Waals surface area contributed by atoms with Crippen molar-refractivity contribution in [1.82, 2.24) is 4.90 Å². The van der Waals surface area contributed by atoms with Crippen LogP contribution in [0.25, 0.3) is 0 Å². The van der Waals surface area contributed by atoms with Crippen LogP contribution in [-0.4, -0.2) is 61.6 Å². The quantitative estimate of drug-likeness (QED) is 0.814. The molecule has 0 bridgehead atoms. The molecule has 1 saturated heterocycles. The van der Waals surface area contributed by atoms with Gasteiger partial charge in [-0.05, 0) is 45.7 Å². The Labute approximate surface area is 156 Å². The molecule has 1 unspecified atom stereocenters. The third kappa shape index (κ3) is 5.05. The average Bonchev–Trinajstić information content (AvgIpc) is 2.56. The number of hydrogen-bond donors (Lipinski definition) is 2. The molecule has 144 valence electrons. The van der Waals surface area contributed by atoms with Crippen molar-refractivity contribution in [3.63, 3.8) is 0 Å². The molecule has 0 radical (unpaired) electrons. The van der Waals surface area contributed by atoms with Gasteiger partial charge in [0.2, 0.25) is 0 Å². The van der Waals surface area contributed by atoms with Crippen LogP contribution < -0.4 is 10.2 Å². The van der Waals surface area contributed by atoms with Gasteiger partial charge in [-0.15, -0.1) is 0 Å². The van der Waals surface area contributed by atoms with E-state index in [1.165, 1.54) is 0 Å². The first-order valence-electron chi connectivity index (χ1n) is 9.31. The van der Waals surface area contributed by atoms with Gasteiger partial charge in [0, 0.05) is 18.8 Å². The maximum absolute atomic E-state index is 12.8. The monoisotopic (exact) mass is 362 g/mol. The van der Waals surface area contributed by atoms with Gasteiger partial charge in [-0.25, -0.2) is 0 Å². The van der Waals surface area contributed by atoms with Crippen LogP contribution in [0.3, 0.4) is 0 Å². The predicted molar refractivity (Wildman–Crippen MR) is 102 cm³/mol. The van der Waals surface area contributed by atoms with Crippen LogP contribution in [0.2, 0.25) is 0 Å². The molecular formula is C20H32N3O3+. The smallest absolute Gasteiger partial charge is 0.280 e. The van der Waals surface area contributed by atoms with Crippen LogP contribution >= 0.6 is 0 Å². The maximum atomic E-state index is 12.8. The van der Waals surface area contributed by atoms with Crippen molar-refractivity contribution in [2.24, 2.45) is 0 Å². The Balaban J connectivity index is 1.94. The van der Waals surface area contributed by atoms with Crippen molar-refractivity contribution in [1.29, 1.82) is 0 Å². The summed E-state index contributed by atoms with van der Waals surface area (Å²) in [6, 6.07) is 5.65. The van der Waals surface area contributed by atoms with Gasteiger partial charge in [-0.3, -0.25) is 9.59 Å². The molecule has 0 saturated carbocycles. The van der Waals surface area contributed by atoms with E-state index in [4.69, 9.17) is 4.74 Å². The summed E-state index contributed by atoms with van der Waals surface area (Å²) in [5.74, 6) is -0.00682. The van der Waals surface area contributed by atoms with Crippen LogP contribution in [0.1, 0.15) is 31.9 Å². The number of nitrogens with one attached hydrogen (secondary N) is 2. The van der Waals surface area contributed by atoms with Crippen LogP contribution in [0, 0.1) is 13.8 Å². The number of carbonyl (C=O) groups is 2. The molecule has 1 aliphatic rings. The summed E-state index contributed by atoms with van der Waals surface area (Å²) < 4.78 is 5.70. The summed E-state index contributed by atoms with van der Waals surface area (Å²) in [4.78, 5) is 28.0. The largest absolute Gasteiger partial charge is 0.372 e. The van der Waals surface area contributed by atoms with Crippen LogP contribution in [0.5, 0.6) is 0 Å². The number of carbonyl (C=O) groups excluding carboxylic acids is 2. The van der Waals surface area contributed by atoms with Gasteiger partial charge in [0.05, 0.1) is 19.3 Å². The van der Waals surface area contributed by atoms with E-state index in [9.17, 15) is 9.59 Å². The van der Waals surface area contributed by atoms with Crippen molar-refractivity contribution in [3.05, 3.63) is 29.3 Å². The Kier molecular flexibility index (Phi) is 6.78. The third-order valence-electron chi connectivity index (χ3n) is 5.03. The Morgan fingerprint density at radius 2 is 1.77 bits per heavy atom. The second-order valence-corrected chi connectivity index (χ2v) is 7.56. The third-order valence-corrected chi connectivity index (χ3v) is 5.03. The van der Waals surface area contributed by atoms with Crippen molar-refractivity contribution >= 4 is 17.5 Å². The van der Waals surface area contributed by atoms with E-state index >= 15 is 0 Å². The van der Waals surface area contributed by atoms with E-state index in [1.807, 2.05) is 64.8 Å². The molecule has 2 amide bonds. The first-order chi connectivity index (χ1) is 12.2. The first kappa shape index (κ1) is 20.4. The molecule has 1 aromatic rings. The number of anilines is 1. The van der Waals surface area contributed by atoms with Gasteiger partial charge in [-0.2, -0.15) is 0 Å². The van der Waals surface area contributed by atoms with Gasteiger partial charge in [0.15, 0.2) is 12.6 Å². The fraction of sp³-hybridized carbons (Fsp3) is 0.600. The lowest BCUT2D eigenvalue weighted by Crippen LogP contribution is -3.15. The number of amides is 2. The van der Waals surface area contributed by atoms with Gasteiger partial charge in [0.1, 0.15) is 0 Å². The van der Waals surface area contributed by atoms with E-state index in [0.29, 0.717) is 13.1 Å². The van der Waals surface area contributed by atoms with Gasteiger partial charge >= 0.3 is 0 Å². The van der Waals surface area contributed by atoms with E-state index < -0.39 is 0 Å². The number of likely N-dealkylation sites (N-methyl/N-ethyl adjacent to an activating group) is 1. The number of para-hydroxylation sites is 1. The average molecular weight is 362 g/mol. The van der Waals surface area contributed by atoms with Gasteiger partial charge in [0.25, 0.3) is 11.8 Å². The van der Waals surface area contributed by atoms with E-state index in [1.54, 1.807) is 0 Å². The maximum Gasteiger partial charge on any atom is 0.280 e. The summed E-state index contributed by atoms with van der Waals surface area (Å²) in [5.41, 5.74) is 2.94. The minimum absolute atomic E-state index is 0.0440. The molecule has 0 spiro atoms. The summed E-state index contributed by atoms with van der Waals surface area (Å²) >= 11 is 0. The first-order valence-corrected chi connectivity index (χ1v) is 9.31. The highest BCUT2D eigenvalue weighted by Crippen LogP contribution is 2.19. The zero-order valence-corrected chi connectivity index (χ0v) is 16.8. The van der Waals surface area contributed by atoms with Gasteiger partial charge < -0.3 is 19.9 Å². The van der Waals surface area contributed by atoms with Crippen molar-refractivity contribution < 1.29 is 19.2 Å². The number of quaternary nitrogens is 1. The number of nitrogens with zero attached hydrogens (tertiary/aromatic N) is 1. The van der Waals surface area contributed by atoms with Gasteiger partial charge in [-0.1, -0.05) is 18.2 Å². The van der Waals surface area contributed by atoms with Crippen molar-refractivity contribution in [3.8, 4) is 0 Å². The Morgan fingerprint density at radius 3 is 2.31 bits per heavy atom. The summed E-state index contributed by atoms with van der Waals surface area (Å²) in [6.45, 7) is 11.3. The Morgan fingerprint density at radius 1 is 1.23 bits per heavy atom. The van der Waals surface area contributed by atoms with Crippen LogP contribution in [0.15, 0.2) is 18.2 Å². The second kappa shape index (κ2) is 8.64. The summed E-state index contributed by atoms with van der Waals surface area (Å²) in [5, 5.41) is 2.99. The standard InChI is InChI=1S/C20H31N3O3/c1-13-8-7-9-14(2)19(13)21-18(24)12-22(6)17(5)20(25)23-10-15(3)26-16(4)11-23/h7-9,15-17H,10-12H2,1-6H3,(H,21,24)/p+1/t15-,16+,17-/m1/s1. The Hall–Kier alpha value is -1.92. The molecule has 2 rings (SSSR count). The van der Waals surface area contributed by atoms with E-state index in [-0.39, 0.29) is 36.6 Å². The van der Waals surface area contributed by atoms with Crippen molar-refractivity contribution in [2.75, 3.05) is 32.0 Å². The molecule has 6 nitrogen and oxygen atoms in total. The number of rotatable bonds is 5. The molecule has 2 N–H and O–H groups in total. The lowest BCUT2D eigenvalue weighted by molar-refractivity contribution is -0.886. The van der Waals surface area contributed by atoms with Crippen molar-refractivity contribution in [2.45, 2.75) is 52.9 Å². The SMILES string of the molecule is Cc1cccc(C)c1NC(=O)C[NH+](C)[C@H](C)C(=O)N1C[C@@H](C)O[C@@H](C)C1. The molecule has 1 aliphatic heterocycles. The van der Waals surface area contributed by atoms with E-state index in [0.717, 1.165) is 21.7 Å². The lowest BCUT2D eigenvalue weighted by Gasteiger charge is -2.37. The molecule has 0 aromatic heterocycles. The minimum atomic E-state index is -0.281. The number of aryl methyl sites for hydroxylation is 2. The highest BCUT2D eigenvalue weighted by Gasteiger charge is 2.33. The molecule has 1 heterocycles. The highest BCUT2D eigenvalue weighted by molar-refractivity contribution is 5.93. The zero-order valence-electron chi connectivity index (χ0n) is 16.8. The predicted octanol–water partition coefficient (Wildman–Crippen LogP) is 0.781. The minimum Gasteiger partial charge on any atom is -0.372 e. The summed E-state index contributed by atoms with van der Waals surface area (Å²) in [6.07, 6.45) is 0.0880. The molecule has 6 heteroatoms. The molecule has 26 heavy (non-hydrogen) atoms. The number of ether oxygens (including phenoxy) is 1. The van der Waals surface area contributed by atoms with Crippen LogP contribution in [-0.2, 0) is 14.3 Å². The second-order valence-electron chi connectivity index (χ2n) is 7.56. The fourth-order valence-electron chi connectivity index (χ4n) is 3.44. The molecule has 0 aliphatic carbocycles. The highest BCUT2D eigenvalue weighted by atomic mass is 16.5. The normalized spacial score (nSPS) is 22.6. The summed E-state index contributed by atoms with van der Waals surface area (Å²) in [7, 11) is 1.89. The van der Waals surface area contributed by atoms with Crippen LogP contribution in [0.4, 0.5) is 5.69 Å². The number of benzene rings is 1. The van der Waals surface area contributed by atoms with E-state index in [2.05, 4.69) is 5.32 Å².